The topological polar surface area (TPSA) is 65.8 Å². The molecule has 0 saturated carbocycles. The average Bonchev–Trinajstić information content (AvgIpc) is 3.20. The van der Waals surface area contributed by atoms with Crippen LogP contribution in [0.25, 0.3) is 0 Å². The van der Waals surface area contributed by atoms with E-state index in [0.717, 1.165) is 37.4 Å². The largest absolute Gasteiger partial charge is 0.467 e. The van der Waals surface area contributed by atoms with Crippen molar-refractivity contribution in [3.05, 3.63) is 54.5 Å². The zero-order valence-corrected chi connectivity index (χ0v) is 15.1. The number of likely N-dealkylation sites (tertiary alicyclic amines) is 1. The van der Waals surface area contributed by atoms with E-state index in [-0.39, 0.29) is 17.7 Å². The third-order valence-electron chi connectivity index (χ3n) is 4.83. The molecule has 1 N–H and O–H groups in total. The number of nitrogens with one attached hydrogen (secondary N) is 1. The van der Waals surface area contributed by atoms with E-state index in [2.05, 4.69) is 10.2 Å². The third kappa shape index (κ3) is 4.52. The van der Waals surface area contributed by atoms with Crippen LogP contribution < -0.4 is 10.2 Å². The number of amides is 2. The number of carbonyl (C=O) groups is 2. The first kappa shape index (κ1) is 18.2. The Hall–Kier alpha value is -2.60. The molecule has 6 heteroatoms. The summed E-state index contributed by atoms with van der Waals surface area (Å²) in [4.78, 5) is 28.6. The number of carbonyl (C=O) groups excluding carboxylic acids is 2. The quantitative estimate of drug-likeness (QED) is 0.863. The normalized spacial score (nSPS) is 15.6. The molecular weight excluding hydrogens is 330 g/mol. The van der Waals surface area contributed by atoms with Crippen molar-refractivity contribution in [2.45, 2.75) is 19.4 Å². The molecule has 0 spiro atoms. The zero-order valence-electron chi connectivity index (χ0n) is 15.1. The Morgan fingerprint density at radius 2 is 1.88 bits per heavy atom. The third-order valence-corrected chi connectivity index (χ3v) is 4.83. The van der Waals surface area contributed by atoms with Crippen LogP contribution in [0, 0.1) is 5.92 Å². The molecule has 2 amide bonds. The first-order chi connectivity index (χ1) is 12.7. The summed E-state index contributed by atoms with van der Waals surface area (Å²) in [5, 5.41) is 2.71. The molecule has 0 radical (unpaired) electrons. The molecule has 0 unspecified atom stereocenters. The minimum Gasteiger partial charge on any atom is -0.467 e. The fourth-order valence-electron chi connectivity index (χ4n) is 3.32. The molecule has 138 valence electrons. The lowest BCUT2D eigenvalue weighted by Gasteiger charge is -2.32. The molecule has 0 bridgehead atoms. The smallest absolute Gasteiger partial charge is 0.241 e. The molecule has 1 aliphatic rings. The number of hydrogen-bond acceptors (Lipinski definition) is 4. The number of hydrogen-bond donors (Lipinski definition) is 1. The van der Waals surface area contributed by atoms with Crippen molar-refractivity contribution in [1.82, 2.24) is 10.2 Å². The molecule has 1 fully saturated rings. The van der Waals surface area contributed by atoms with Gasteiger partial charge in [-0.15, -0.1) is 0 Å². The lowest BCUT2D eigenvalue weighted by atomic mass is 9.96. The summed E-state index contributed by atoms with van der Waals surface area (Å²) in [6, 6.07) is 13.3. The van der Waals surface area contributed by atoms with E-state index in [9.17, 15) is 9.59 Å². The summed E-state index contributed by atoms with van der Waals surface area (Å²) >= 11 is 0. The summed E-state index contributed by atoms with van der Waals surface area (Å²) in [6.45, 7) is 2.26. The molecule has 0 atom stereocenters. The standard InChI is InChI=1S/C20H25N3O3/c1-21-20(25)16-9-11-22(12-10-16)15-19(24)23(14-18-8-5-13-26-18)17-6-3-2-4-7-17/h2-8,13,16H,9-12,14-15H2,1H3,(H,21,25). The van der Waals surface area contributed by atoms with Crippen molar-refractivity contribution in [3.8, 4) is 0 Å². The van der Waals surface area contributed by atoms with Gasteiger partial charge in [-0.2, -0.15) is 0 Å². The molecule has 2 aromatic rings. The monoisotopic (exact) mass is 355 g/mol. The van der Waals surface area contributed by atoms with Crippen LogP contribution in [0.2, 0.25) is 0 Å². The van der Waals surface area contributed by atoms with Crippen molar-refractivity contribution in [2.24, 2.45) is 5.92 Å². The van der Waals surface area contributed by atoms with Crippen LogP contribution >= 0.6 is 0 Å². The maximum Gasteiger partial charge on any atom is 0.241 e. The van der Waals surface area contributed by atoms with Crippen molar-refractivity contribution in [2.75, 3.05) is 31.6 Å². The molecule has 6 nitrogen and oxygen atoms in total. The zero-order chi connectivity index (χ0) is 18.4. The van der Waals surface area contributed by atoms with Crippen molar-refractivity contribution < 1.29 is 14.0 Å². The summed E-state index contributed by atoms with van der Waals surface area (Å²) in [6.07, 6.45) is 3.19. The second-order valence-corrected chi connectivity index (χ2v) is 6.56. The van der Waals surface area contributed by atoms with E-state index >= 15 is 0 Å². The van der Waals surface area contributed by atoms with Crippen LogP contribution in [0.15, 0.2) is 53.1 Å². The van der Waals surface area contributed by atoms with Crippen LogP contribution in [0.1, 0.15) is 18.6 Å². The second-order valence-electron chi connectivity index (χ2n) is 6.56. The minimum absolute atomic E-state index is 0.0333. The van der Waals surface area contributed by atoms with Gasteiger partial charge in [0.05, 0.1) is 19.4 Å². The van der Waals surface area contributed by atoms with Gasteiger partial charge in [0.25, 0.3) is 0 Å². The van der Waals surface area contributed by atoms with E-state index in [1.807, 2.05) is 42.5 Å². The van der Waals surface area contributed by atoms with E-state index in [4.69, 9.17) is 4.42 Å². The highest BCUT2D eigenvalue weighted by Gasteiger charge is 2.27. The molecule has 1 aromatic heterocycles. The Bertz CT molecular complexity index is 707. The Morgan fingerprint density at radius 3 is 2.50 bits per heavy atom. The molecule has 0 aliphatic carbocycles. The molecule has 1 aliphatic heterocycles. The minimum atomic E-state index is 0.0333. The van der Waals surface area contributed by atoms with Gasteiger partial charge in [0.2, 0.25) is 11.8 Å². The van der Waals surface area contributed by atoms with Gasteiger partial charge in [-0.1, -0.05) is 18.2 Å². The number of para-hydroxylation sites is 1. The predicted octanol–water partition coefficient (Wildman–Crippen LogP) is 2.27. The van der Waals surface area contributed by atoms with Crippen LogP contribution in [0.5, 0.6) is 0 Å². The van der Waals surface area contributed by atoms with E-state index in [1.54, 1.807) is 18.2 Å². The van der Waals surface area contributed by atoms with E-state index < -0.39 is 0 Å². The fourth-order valence-corrected chi connectivity index (χ4v) is 3.32. The summed E-state index contributed by atoms with van der Waals surface area (Å²) in [5.41, 5.74) is 0.856. The number of benzene rings is 1. The SMILES string of the molecule is CNC(=O)C1CCN(CC(=O)N(Cc2ccco2)c2ccccc2)CC1. The van der Waals surface area contributed by atoms with Gasteiger partial charge in [0, 0.05) is 18.7 Å². The highest BCUT2D eigenvalue weighted by molar-refractivity contribution is 5.94. The van der Waals surface area contributed by atoms with Gasteiger partial charge in [-0.25, -0.2) is 0 Å². The molecule has 3 rings (SSSR count). The number of rotatable bonds is 6. The maximum atomic E-state index is 13.0. The molecule has 1 aromatic carbocycles. The van der Waals surface area contributed by atoms with Crippen molar-refractivity contribution in [1.29, 1.82) is 0 Å². The van der Waals surface area contributed by atoms with Crippen LogP contribution in [0.3, 0.4) is 0 Å². The fraction of sp³-hybridized carbons (Fsp3) is 0.400. The highest BCUT2D eigenvalue weighted by atomic mass is 16.3. The molecule has 26 heavy (non-hydrogen) atoms. The van der Waals surface area contributed by atoms with Crippen LogP contribution in [-0.2, 0) is 16.1 Å². The van der Waals surface area contributed by atoms with Crippen molar-refractivity contribution in [3.63, 3.8) is 0 Å². The first-order valence-corrected chi connectivity index (χ1v) is 8.99. The summed E-state index contributed by atoms with van der Waals surface area (Å²) in [5.74, 6) is 0.936. The summed E-state index contributed by atoms with van der Waals surface area (Å²) < 4.78 is 5.43. The van der Waals surface area contributed by atoms with Crippen LogP contribution in [0.4, 0.5) is 5.69 Å². The van der Waals surface area contributed by atoms with Crippen LogP contribution in [-0.4, -0.2) is 43.4 Å². The average molecular weight is 355 g/mol. The second kappa shape index (κ2) is 8.67. The van der Waals surface area contributed by atoms with Crippen molar-refractivity contribution >= 4 is 17.5 Å². The number of anilines is 1. The molecular formula is C20H25N3O3. The Kier molecular flexibility index (Phi) is 6.07. The maximum absolute atomic E-state index is 13.0. The Labute approximate surface area is 153 Å². The highest BCUT2D eigenvalue weighted by Crippen LogP contribution is 2.20. The van der Waals surface area contributed by atoms with E-state index in [1.165, 1.54) is 0 Å². The number of piperidine rings is 1. The van der Waals surface area contributed by atoms with Gasteiger partial charge >= 0.3 is 0 Å². The summed E-state index contributed by atoms with van der Waals surface area (Å²) in [7, 11) is 1.67. The van der Waals surface area contributed by atoms with Gasteiger partial charge in [-0.05, 0) is 50.2 Å². The van der Waals surface area contributed by atoms with Gasteiger partial charge in [0.15, 0.2) is 0 Å². The van der Waals surface area contributed by atoms with Gasteiger partial charge in [-0.3, -0.25) is 14.5 Å². The lowest BCUT2D eigenvalue weighted by molar-refractivity contribution is -0.126. The number of nitrogens with zero attached hydrogens (tertiary/aromatic N) is 2. The van der Waals surface area contributed by atoms with E-state index in [0.29, 0.717) is 13.1 Å². The van der Waals surface area contributed by atoms with Gasteiger partial charge in [0.1, 0.15) is 5.76 Å². The molecule has 2 heterocycles. The Balaban J connectivity index is 1.64. The molecule has 1 saturated heterocycles. The predicted molar refractivity (Wildman–Crippen MR) is 99.6 cm³/mol. The Morgan fingerprint density at radius 1 is 1.15 bits per heavy atom. The number of furan rings is 1. The lowest BCUT2D eigenvalue weighted by Crippen LogP contribution is -2.45. The van der Waals surface area contributed by atoms with Gasteiger partial charge < -0.3 is 14.6 Å². The first-order valence-electron chi connectivity index (χ1n) is 8.99.